The molecule has 0 radical (unpaired) electrons. The molecule has 0 bridgehead atoms. The van der Waals surface area contributed by atoms with Crippen molar-refractivity contribution in [1.82, 2.24) is 19.6 Å². The van der Waals surface area contributed by atoms with E-state index in [-0.39, 0.29) is 11.6 Å². The number of carbonyl (C=O) groups is 2. The van der Waals surface area contributed by atoms with Crippen molar-refractivity contribution in [3.63, 3.8) is 0 Å². The largest absolute Gasteiger partial charge is 0.337 e. The molecule has 2 heterocycles. The number of benzene rings is 3. The first-order chi connectivity index (χ1) is 15.5. The normalized spacial score (nSPS) is 11.1. The van der Waals surface area contributed by atoms with Crippen LogP contribution in [-0.2, 0) is 0 Å². The van der Waals surface area contributed by atoms with E-state index in [1.165, 1.54) is 6.92 Å². The van der Waals surface area contributed by atoms with Gasteiger partial charge in [-0.15, -0.1) is 10.2 Å². The molecule has 1 N–H and O–H groups in total. The highest BCUT2D eigenvalue weighted by molar-refractivity contribution is 6.10. The highest BCUT2D eigenvalue weighted by atomic mass is 16.1. The fourth-order valence-electron chi connectivity index (χ4n) is 3.71. The standard InChI is InChI=1S/C25H19N5O2/c1-15(31)18-9-6-10-20(13-18)26-24-25-29-28-16(2)30(25)22-14-19(11-12-21(22)27-24)23(32)17-7-4-3-5-8-17/h3-14H,1-2H3,(H,26,27). The van der Waals surface area contributed by atoms with Gasteiger partial charge in [0.05, 0.1) is 11.0 Å². The number of Topliss-reactive ketones (excluding diaryl/α,β-unsaturated/α-hetero) is 1. The monoisotopic (exact) mass is 421 g/mol. The maximum absolute atomic E-state index is 12.9. The third-order valence-corrected chi connectivity index (χ3v) is 5.32. The zero-order valence-electron chi connectivity index (χ0n) is 17.5. The van der Waals surface area contributed by atoms with Crippen molar-refractivity contribution in [2.45, 2.75) is 13.8 Å². The minimum Gasteiger partial charge on any atom is -0.337 e. The molecule has 0 unspecified atom stereocenters. The molecule has 156 valence electrons. The van der Waals surface area contributed by atoms with Crippen LogP contribution in [0.1, 0.15) is 39.0 Å². The lowest BCUT2D eigenvalue weighted by molar-refractivity contribution is 0.101. The molecule has 0 amide bonds. The molecule has 32 heavy (non-hydrogen) atoms. The van der Waals surface area contributed by atoms with Gasteiger partial charge in [0.2, 0.25) is 5.65 Å². The predicted molar refractivity (Wildman–Crippen MR) is 123 cm³/mol. The zero-order valence-corrected chi connectivity index (χ0v) is 17.5. The van der Waals surface area contributed by atoms with Crippen LogP contribution in [0.5, 0.6) is 0 Å². The van der Waals surface area contributed by atoms with Crippen molar-refractivity contribution in [2.24, 2.45) is 0 Å². The van der Waals surface area contributed by atoms with Crippen molar-refractivity contribution in [1.29, 1.82) is 0 Å². The molecule has 2 aromatic heterocycles. The van der Waals surface area contributed by atoms with Crippen molar-refractivity contribution >= 4 is 39.8 Å². The Morgan fingerprint density at radius 3 is 2.41 bits per heavy atom. The van der Waals surface area contributed by atoms with Gasteiger partial charge in [0.15, 0.2) is 17.4 Å². The third kappa shape index (κ3) is 3.39. The van der Waals surface area contributed by atoms with Gasteiger partial charge in [0.25, 0.3) is 0 Å². The van der Waals surface area contributed by atoms with E-state index in [0.29, 0.717) is 39.5 Å². The molecule has 5 rings (SSSR count). The number of anilines is 2. The number of nitrogens with zero attached hydrogens (tertiary/aromatic N) is 4. The second-order valence-corrected chi connectivity index (χ2v) is 7.53. The van der Waals surface area contributed by atoms with E-state index in [4.69, 9.17) is 4.98 Å². The summed E-state index contributed by atoms with van der Waals surface area (Å²) in [5.74, 6) is 1.12. The minimum absolute atomic E-state index is 0.0146. The van der Waals surface area contributed by atoms with E-state index in [9.17, 15) is 9.59 Å². The van der Waals surface area contributed by atoms with E-state index in [2.05, 4.69) is 15.5 Å². The summed E-state index contributed by atoms with van der Waals surface area (Å²) < 4.78 is 1.88. The minimum atomic E-state index is -0.0605. The topological polar surface area (TPSA) is 89.2 Å². The molecule has 0 aliphatic carbocycles. The lowest BCUT2D eigenvalue weighted by atomic mass is 10.0. The van der Waals surface area contributed by atoms with Gasteiger partial charge >= 0.3 is 0 Å². The van der Waals surface area contributed by atoms with Crippen LogP contribution in [0, 0.1) is 6.92 Å². The van der Waals surface area contributed by atoms with Crippen LogP contribution in [0.15, 0.2) is 72.8 Å². The summed E-state index contributed by atoms with van der Waals surface area (Å²) in [4.78, 5) is 29.4. The van der Waals surface area contributed by atoms with Gasteiger partial charge in [0.1, 0.15) is 5.82 Å². The number of nitrogens with one attached hydrogen (secondary N) is 1. The Morgan fingerprint density at radius 2 is 1.62 bits per heavy atom. The van der Waals surface area contributed by atoms with Crippen molar-refractivity contribution in [3.05, 3.63) is 95.3 Å². The Balaban J connectivity index is 1.63. The van der Waals surface area contributed by atoms with Crippen molar-refractivity contribution in [3.8, 4) is 0 Å². The fourth-order valence-corrected chi connectivity index (χ4v) is 3.71. The van der Waals surface area contributed by atoms with E-state index in [1.54, 1.807) is 30.3 Å². The van der Waals surface area contributed by atoms with E-state index >= 15 is 0 Å². The number of fused-ring (bicyclic) bond motifs is 3. The summed E-state index contributed by atoms with van der Waals surface area (Å²) in [6.07, 6.45) is 0. The lowest BCUT2D eigenvalue weighted by Crippen LogP contribution is -2.05. The number of aromatic nitrogens is 4. The number of carbonyl (C=O) groups excluding carboxylic acids is 2. The first kappa shape index (κ1) is 19.6. The smallest absolute Gasteiger partial charge is 0.204 e. The van der Waals surface area contributed by atoms with Crippen LogP contribution in [0.4, 0.5) is 11.5 Å². The van der Waals surface area contributed by atoms with Gasteiger partial charge in [-0.25, -0.2) is 4.98 Å². The van der Waals surface area contributed by atoms with Crippen LogP contribution >= 0.6 is 0 Å². The summed E-state index contributed by atoms with van der Waals surface area (Å²) in [6.45, 7) is 3.38. The number of hydrogen-bond acceptors (Lipinski definition) is 6. The molecular formula is C25H19N5O2. The third-order valence-electron chi connectivity index (χ3n) is 5.32. The predicted octanol–water partition coefficient (Wildman–Crippen LogP) is 4.76. The van der Waals surface area contributed by atoms with Crippen LogP contribution in [0.3, 0.4) is 0 Å². The average molecular weight is 421 g/mol. The van der Waals surface area contributed by atoms with Crippen molar-refractivity contribution in [2.75, 3.05) is 5.32 Å². The highest BCUT2D eigenvalue weighted by Crippen LogP contribution is 2.26. The second-order valence-electron chi connectivity index (χ2n) is 7.53. The van der Waals surface area contributed by atoms with E-state index in [0.717, 1.165) is 11.2 Å². The molecule has 7 nitrogen and oxygen atoms in total. The Bertz CT molecular complexity index is 1510. The van der Waals surface area contributed by atoms with Gasteiger partial charge in [-0.05, 0) is 44.2 Å². The number of aryl methyl sites for hydroxylation is 1. The maximum Gasteiger partial charge on any atom is 0.204 e. The summed E-state index contributed by atoms with van der Waals surface area (Å²) in [7, 11) is 0. The van der Waals surface area contributed by atoms with E-state index < -0.39 is 0 Å². The molecule has 7 heteroatoms. The van der Waals surface area contributed by atoms with Gasteiger partial charge in [-0.1, -0.05) is 42.5 Å². The zero-order chi connectivity index (χ0) is 22.2. The van der Waals surface area contributed by atoms with Gasteiger partial charge in [0, 0.05) is 22.4 Å². The molecule has 0 saturated heterocycles. The highest BCUT2D eigenvalue weighted by Gasteiger charge is 2.16. The fraction of sp³-hybridized carbons (Fsp3) is 0.0800. The average Bonchev–Trinajstić information content (AvgIpc) is 3.21. The summed E-state index contributed by atoms with van der Waals surface area (Å²) in [6, 6.07) is 21.8. The van der Waals surface area contributed by atoms with Crippen molar-refractivity contribution < 1.29 is 9.59 Å². The molecule has 0 aliphatic heterocycles. The summed E-state index contributed by atoms with van der Waals surface area (Å²) in [5.41, 5.74) is 4.49. The van der Waals surface area contributed by atoms with Crippen LogP contribution in [0.2, 0.25) is 0 Å². The SMILES string of the molecule is CC(=O)c1cccc(Nc2nc3ccc(C(=O)c4ccccc4)cc3n3c(C)nnc23)c1. The Morgan fingerprint density at radius 1 is 0.844 bits per heavy atom. The first-order valence-electron chi connectivity index (χ1n) is 10.1. The number of hydrogen-bond donors (Lipinski definition) is 1. The van der Waals surface area contributed by atoms with Gasteiger partial charge in [-0.3, -0.25) is 14.0 Å². The Hall–Kier alpha value is -4.39. The quantitative estimate of drug-likeness (QED) is 0.412. The molecule has 0 fully saturated rings. The van der Waals surface area contributed by atoms with Crippen LogP contribution in [-0.4, -0.2) is 31.1 Å². The Labute approximate surface area is 183 Å². The molecule has 0 saturated carbocycles. The summed E-state index contributed by atoms with van der Waals surface area (Å²) >= 11 is 0. The molecule has 3 aromatic carbocycles. The summed E-state index contributed by atoms with van der Waals surface area (Å²) in [5, 5.41) is 11.8. The first-order valence-corrected chi connectivity index (χ1v) is 10.1. The van der Waals surface area contributed by atoms with E-state index in [1.807, 2.05) is 53.8 Å². The van der Waals surface area contributed by atoms with Gasteiger partial charge in [-0.2, -0.15) is 0 Å². The maximum atomic E-state index is 12.9. The molecular weight excluding hydrogens is 402 g/mol. The Kier molecular flexibility index (Phi) is 4.71. The second kappa shape index (κ2) is 7.70. The molecule has 0 spiro atoms. The lowest BCUT2D eigenvalue weighted by Gasteiger charge is -2.11. The molecule has 0 aliphatic rings. The number of ketones is 2. The van der Waals surface area contributed by atoms with Crippen LogP contribution in [0.25, 0.3) is 16.7 Å². The molecule has 5 aromatic rings. The van der Waals surface area contributed by atoms with Crippen LogP contribution < -0.4 is 5.32 Å². The number of rotatable bonds is 5. The van der Waals surface area contributed by atoms with Gasteiger partial charge < -0.3 is 5.32 Å². The molecule has 0 atom stereocenters.